The van der Waals surface area contributed by atoms with Crippen LogP contribution in [0.1, 0.15) is 56.3 Å². The molecular formula is C15H22N4O3S. The molecule has 0 bridgehead atoms. The number of unbranched alkanes of at least 4 members (excludes halogenated alkanes) is 1. The summed E-state index contributed by atoms with van der Waals surface area (Å²) in [7, 11) is 0. The lowest BCUT2D eigenvalue weighted by Crippen LogP contribution is -2.22. The molecule has 1 amide bonds. The van der Waals surface area contributed by atoms with Crippen LogP contribution in [-0.4, -0.2) is 26.5 Å². The molecule has 2 rings (SSSR count). The van der Waals surface area contributed by atoms with E-state index in [9.17, 15) is 4.79 Å². The number of thioether (sulfide) groups is 1. The summed E-state index contributed by atoms with van der Waals surface area (Å²) in [5.74, 6) is 1.48. The van der Waals surface area contributed by atoms with Crippen LogP contribution >= 0.6 is 11.8 Å². The van der Waals surface area contributed by atoms with Gasteiger partial charge in [-0.05, 0) is 27.2 Å². The Morgan fingerprint density at radius 2 is 2.13 bits per heavy atom. The quantitative estimate of drug-likeness (QED) is 0.786. The number of rotatable bonds is 8. The van der Waals surface area contributed by atoms with Crippen LogP contribution < -0.4 is 5.32 Å². The van der Waals surface area contributed by atoms with Crippen molar-refractivity contribution in [2.45, 2.75) is 57.5 Å². The molecule has 0 aromatic carbocycles. The van der Waals surface area contributed by atoms with Gasteiger partial charge in [-0.25, -0.2) is 0 Å². The summed E-state index contributed by atoms with van der Waals surface area (Å²) in [6, 6.07) is 1.68. The van der Waals surface area contributed by atoms with Gasteiger partial charge in [-0.3, -0.25) is 10.1 Å². The minimum Gasteiger partial charge on any atom is -0.338 e. The van der Waals surface area contributed by atoms with Crippen molar-refractivity contribution >= 4 is 23.6 Å². The lowest BCUT2D eigenvalue weighted by Gasteiger charge is -2.13. The van der Waals surface area contributed by atoms with Crippen molar-refractivity contribution in [2.24, 2.45) is 0 Å². The van der Waals surface area contributed by atoms with E-state index >= 15 is 0 Å². The molecule has 0 spiro atoms. The van der Waals surface area contributed by atoms with Gasteiger partial charge in [0.05, 0.1) is 16.2 Å². The number of anilines is 1. The van der Waals surface area contributed by atoms with E-state index in [2.05, 4.69) is 27.5 Å². The molecule has 0 aliphatic carbocycles. The Morgan fingerprint density at radius 3 is 2.78 bits per heavy atom. The maximum Gasteiger partial charge on any atom is 0.239 e. The van der Waals surface area contributed by atoms with Gasteiger partial charge in [-0.15, -0.1) is 11.8 Å². The van der Waals surface area contributed by atoms with Crippen LogP contribution in [0.4, 0.5) is 5.88 Å². The molecule has 2 heterocycles. The molecule has 0 aliphatic rings. The summed E-state index contributed by atoms with van der Waals surface area (Å²) in [4.78, 5) is 16.5. The van der Waals surface area contributed by atoms with Crippen molar-refractivity contribution in [2.75, 3.05) is 5.32 Å². The molecule has 0 unspecified atom stereocenters. The Morgan fingerprint density at radius 1 is 1.35 bits per heavy atom. The smallest absolute Gasteiger partial charge is 0.239 e. The maximum absolute atomic E-state index is 12.1. The second-order valence-electron chi connectivity index (χ2n) is 5.39. The molecular weight excluding hydrogens is 316 g/mol. The Bertz CT molecular complexity index is 640. The summed E-state index contributed by atoms with van der Waals surface area (Å²) >= 11 is 1.45. The van der Waals surface area contributed by atoms with Crippen molar-refractivity contribution < 1.29 is 13.8 Å². The average Bonchev–Trinajstić information content (AvgIpc) is 3.14. The van der Waals surface area contributed by atoms with Crippen molar-refractivity contribution in [3.05, 3.63) is 23.5 Å². The maximum atomic E-state index is 12.1. The predicted molar refractivity (Wildman–Crippen MR) is 88.2 cm³/mol. The summed E-state index contributed by atoms with van der Waals surface area (Å²) in [6.45, 7) is 7.69. The number of nitrogens with one attached hydrogen (secondary N) is 1. The van der Waals surface area contributed by atoms with E-state index < -0.39 is 0 Å². The summed E-state index contributed by atoms with van der Waals surface area (Å²) in [5.41, 5.74) is 0.722. The first kappa shape index (κ1) is 17.5. The van der Waals surface area contributed by atoms with Crippen LogP contribution in [-0.2, 0) is 11.2 Å². The molecule has 0 fully saturated rings. The van der Waals surface area contributed by atoms with E-state index in [4.69, 9.17) is 9.05 Å². The average molecular weight is 338 g/mol. The van der Waals surface area contributed by atoms with Crippen molar-refractivity contribution in [1.29, 1.82) is 0 Å². The second-order valence-corrected chi connectivity index (χ2v) is 7.08. The van der Waals surface area contributed by atoms with Crippen LogP contribution in [0.3, 0.4) is 0 Å². The van der Waals surface area contributed by atoms with Crippen LogP contribution in [0.5, 0.6) is 0 Å². The first-order valence-corrected chi connectivity index (χ1v) is 8.66. The largest absolute Gasteiger partial charge is 0.338 e. The van der Waals surface area contributed by atoms with E-state index in [0.717, 1.165) is 30.8 Å². The highest BCUT2D eigenvalue weighted by Gasteiger charge is 2.22. The molecule has 7 nitrogen and oxygen atoms in total. The minimum absolute atomic E-state index is 0.0601. The molecule has 23 heavy (non-hydrogen) atoms. The highest BCUT2D eigenvalue weighted by molar-refractivity contribution is 8.00. The molecule has 1 N–H and O–H groups in total. The highest BCUT2D eigenvalue weighted by Crippen LogP contribution is 2.31. The number of aryl methyl sites for hydroxylation is 2. The molecule has 2 atom stereocenters. The van der Waals surface area contributed by atoms with Gasteiger partial charge in [0.1, 0.15) is 0 Å². The lowest BCUT2D eigenvalue weighted by molar-refractivity contribution is -0.115. The Hall–Kier alpha value is -1.83. The van der Waals surface area contributed by atoms with E-state index in [1.54, 1.807) is 13.0 Å². The fourth-order valence-corrected chi connectivity index (χ4v) is 2.95. The van der Waals surface area contributed by atoms with Crippen LogP contribution in [0.2, 0.25) is 0 Å². The third-order valence-corrected chi connectivity index (χ3v) is 4.47. The number of nitrogens with zero attached hydrogens (tertiary/aromatic N) is 3. The first-order valence-electron chi connectivity index (χ1n) is 7.71. The normalized spacial score (nSPS) is 13.7. The molecule has 0 aliphatic heterocycles. The summed E-state index contributed by atoms with van der Waals surface area (Å²) in [6.07, 6.45) is 2.95. The zero-order valence-electron chi connectivity index (χ0n) is 13.8. The van der Waals surface area contributed by atoms with Gasteiger partial charge in [0.25, 0.3) is 0 Å². The van der Waals surface area contributed by atoms with E-state index in [1.165, 1.54) is 11.8 Å². The summed E-state index contributed by atoms with van der Waals surface area (Å²) < 4.78 is 10.3. The molecule has 2 aromatic heterocycles. The monoisotopic (exact) mass is 338 g/mol. The number of aromatic nitrogens is 3. The zero-order chi connectivity index (χ0) is 16.8. The van der Waals surface area contributed by atoms with E-state index in [1.807, 2.05) is 13.8 Å². The van der Waals surface area contributed by atoms with Crippen molar-refractivity contribution in [3.63, 3.8) is 0 Å². The second kappa shape index (κ2) is 8.14. The van der Waals surface area contributed by atoms with E-state index in [0.29, 0.717) is 11.8 Å². The Kier molecular flexibility index (Phi) is 6.20. The van der Waals surface area contributed by atoms with E-state index in [-0.39, 0.29) is 16.4 Å². The molecule has 126 valence electrons. The SMILES string of the molecule is CCCCc1noc([C@H](C)S[C@@H](C)C(=O)Nc2cc(C)no2)n1. The third kappa shape index (κ3) is 5.09. The van der Waals surface area contributed by atoms with Crippen LogP contribution in [0, 0.1) is 6.92 Å². The van der Waals surface area contributed by atoms with Crippen LogP contribution in [0.25, 0.3) is 0 Å². The number of hydrogen-bond donors (Lipinski definition) is 1. The minimum atomic E-state index is -0.290. The summed E-state index contributed by atoms with van der Waals surface area (Å²) in [5, 5.41) is 10.1. The first-order chi connectivity index (χ1) is 11.0. The third-order valence-electron chi connectivity index (χ3n) is 3.24. The van der Waals surface area contributed by atoms with Gasteiger partial charge >= 0.3 is 0 Å². The van der Waals surface area contributed by atoms with Gasteiger partial charge in [0, 0.05) is 12.5 Å². The van der Waals surface area contributed by atoms with Crippen molar-refractivity contribution in [1.82, 2.24) is 15.3 Å². The number of amides is 1. The Labute approximate surface area is 139 Å². The molecule has 2 aromatic rings. The lowest BCUT2D eigenvalue weighted by atomic mass is 10.2. The predicted octanol–water partition coefficient (Wildman–Crippen LogP) is 3.53. The number of carbonyl (C=O) groups excluding carboxylic acids is 1. The van der Waals surface area contributed by atoms with Gasteiger partial charge in [0.2, 0.25) is 17.7 Å². The van der Waals surface area contributed by atoms with Gasteiger partial charge in [-0.1, -0.05) is 23.7 Å². The van der Waals surface area contributed by atoms with Gasteiger partial charge in [0.15, 0.2) is 5.82 Å². The fourth-order valence-electron chi connectivity index (χ4n) is 1.94. The standard InChI is InChI=1S/C15H22N4O3S/c1-5-6-7-12-16-15(22-19-12)11(4)23-10(3)14(20)17-13-8-9(2)18-21-13/h8,10-11H,5-7H2,1-4H3,(H,17,20)/t10-,11-/m0/s1. The Balaban J connectivity index is 1.87. The number of hydrogen-bond acceptors (Lipinski definition) is 7. The molecule has 8 heteroatoms. The van der Waals surface area contributed by atoms with Gasteiger partial charge in [-0.2, -0.15) is 4.98 Å². The van der Waals surface area contributed by atoms with Crippen molar-refractivity contribution in [3.8, 4) is 0 Å². The zero-order valence-corrected chi connectivity index (χ0v) is 14.6. The highest BCUT2D eigenvalue weighted by atomic mass is 32.2. The molecule has 0 saturated carbocycles. The van der Waals surface area contributed by atoms with Crippen LogP contribution in [0.15, 0.2) is 15.1 Å². The number of carbonyl (C=O) groups is 1. The molecule has 0 saturated heterocycles. The topological polar surface area (TPSA) is 94.1 Å². The molecule has 0 radical (unpaired) electrons. The van der Waals surface area contributed by atoms with Gasteiger partial charge < -0.3 is 9.05 Å². The fraction of sp³-hybridized carbons (Fsp3) is 0.600.